The van der Waals surface area contributed by atoms with Crippen LogP contribution in [0.4, 0.5) is 14.5 Å². The average molecular weight is 704 g/mol. The maximum Gasteiger partial charge on any atom is 0.184 e. The van der Waals surface area contributed by atoms with Crippen LogP contribution in [0.15, 0.2) is 30.3 Å². The van der Waals surface area contributed by atoms with E-state index in [2.05, 4.69) is 35.5 Å². The number of anilines is 1. The summed E-state index contributed by atoms with van der Waals surface area (Å²) in [5.41, 5.74) is 5.55. The SMILES string of the molecule is CCCCCCCCCCCC1=[N+](Cc2cc(F)ccc2F)CCc2c1ccc(N1CCCCC1)c2OCCCCCCCC.[Br-]. The number of halogens is 3. The van der Waals surface area contributed by atoms with Crippen molar-refractivity contribution in [3.8, 4) is 5.75 Å². The lowest BCUT2D eigenvalue weighted by molar-refractivity contribution is -0.546. The van der Waals surface area contributed by atoms with E-state index in [9.17, 15) is 8.78 Å². The molecule has 2 aliphatic rings. The van der Waals surface area contributed by atoms with Crippen molar-refractivity contribution in [3.63, 3.8) is 0 Å². The Hall–Kier alpha value is -1.95. The second-order valence-electron chi connectivity index (χ2n) is 13.5. The van der Waals surface area contributed by atoms with E-state index in [1.165, 1.54) is 143 Å². The highest BCUT2D eigenvalue weighted by Crippen LogP contribution is 2.39. The maximum absolute atomic E-state index is 14.8. The van der Waals surface area contributed by atoms with Gasteiger partial charge in [0.25, 0.3) is 0 Å². The summed E-state index contributed by atoms with van der Waals surface area (Å²) in [6.07, 6.45) is 24.7. The van der Waals surface area contributed by atoms with Crippen molar-refractivity contribution >= 4 is 11.4 Å². The van der Waals surface area contributed by atoms with E-state index in [0.717, 1.165) is 57.7 Å². The van der Waals surface area contributed by atoms with E-state index in [0.29, 0.717) is 12.1 Å². The van der Waals surface area contributed by atoms with Crippen LogP contribution >= 0.6 is 0 Å². The van der Waals surface area contributed by atoms with Crippen LogP contribution in [0.1, 0.15) is 153 Å². The third kappa shape index (κ3) is 11.9. The highest BCUT2D eigenvalue weighted by atomic mass is 79.9. The summed E-state index contributed by atoms with van der Waals surface area (Å²) in [5, 5.41) is 0. The first kappa shape index (κ1) is 38.5. The molecule has 0 atom stereocenters. The topological polar surface area (TPSA) is 15.5 Å². The van der Waals surface area contributed by atoms with Gasteiger partial charge in [-0.15, -0.1) is 0 Å². The number of hydrogen-bond acceptors (Lipinski definition) is 2. The summed E-state index contributed by atoms with van der Waals surface area (Å²) >= 11 is 0. The van der Waals surface area contributed by atoms with Crippen LogP contribution < -0.4 is 26.6 Å². The van der Waals surface area contributed by atoms with Crippen molar-refractivity contribution in [2.24, 2.45) is 0 Å². The molecule has 0 bridgehead atoms. The molecule has 46 heavy (non-hydrogen) atoms. The van der Waals surface area contributed by atoms with Crippen molar-refractivity contribution in [1.82, 2.24) is 0 Å². The molecule has 2 aromatic carbocycles. The van der Waals surface area contributed by atoms with Gasteiger partial charge in [0, 0.05) is 37.1 Å². The van der Waals surface area contributed by atoms with Crippen molar-refractivity contribution in [1.29, 1.82) is 0 Å². The highest BCUT2D eigenvalue weighted by Gasteiger charge is 2.31. The molecule has 2 aliphatic heterocycles. The molecule has 6 heteroatoms. The van der Waals surface area contributed by atoms with E-state index < -0.39 is 0 Å². The molecule has 4 rings (SSSR count). The molecule has 0 aliphatic carbocycles. The summed E-state index contributed by atoms with van der Waals surface area (Å²) in [5.74, 6) is 0.387. The third-order valence-electron chi connectivity index (χ3n) is 9.89. The Balaban J connectivity index is 0.00000576. The minimum absolute atomic E-state index is 0. The molecule has 2 heterocycles. The lowest BCUT2D eigenvalue weighted by Gasteiger charge is -2.32. The zero-order valence-electron chi connectivity index (χ0n) is 29.0. The van der Waals surface area contributed by atoms with Crippen LogP contribution in [0.3, 0.4) is 0 Å². The van der Waals surface area contributed by atoms with Gasteiger partial charge in [0.2, 0.25) is 0 Å². The fourth-order valence-electron chi connectivity index (χ4n) is 7.23. The fraction of sp³-hybridized carbons (Fsp3) is 0.675. The predicted octanol–water partition coefficient (Wildman–Crippen LogP) is 8.18. The quantitative estimate of drug-likeness (QED) is 0.0964. The molecule has 1 saturated heterocycles. The summed E-state index contributed by atoms with van der Waals surface area (Å²) in [6, 6.07) is 8.46. The van der Waals surface area contributed by atoms with Gasteiger partial charge in [0.05, 0.1) is 17.9 Å². The Labute approximate surface area is 290 Å². The molecular formula is C40H61BrF2N2O. The molecule has 0 saturated carbocycles. The largest absolute Gasteiger partial charge is 1.00 e. The third-order valence-corrected chi connectivity index (χ3v) is 9.89. The Morgan fingerprint density at radius 1 is 0.739 bits per heavy atom. The molecule has 0 unspecified atom stereocenters. The number of unbranched alkanes of at least 4 members (excludes halogenated alkanes) is 13. The van der Waals surface area contributed by atoms with Gasteiger partial charge in [0.1, 0.15) is 23.9 Å². The zero-order chi connectivity index (χ0) is 31.7. The molecule has 3 nitrogen and oxygen atoms in total. The number of nitrogens with zero attached hydrogens (tertiary/aromatic N) is 2. The molecule has 0 radical (unpaired) electrons. The summed E-state index contributed by atoms with van der Waals surface area (Å²) in [7, 11) is 0. The molecule has 2 aromatic rings. The lowest BCUT2D eigenvalue weighted by Crippen LogP contribution is -3.00. The fourth-order valence-corrected chi connectivity index (χ4v) is 7.23. The van der Waals surface area contributed by atoms with Crippen LogP contribution in [-0.2, 0) is 13.0 Å². The van der Waals surface area contributed by atoms with Crippen molar-refractivity contribution in [2.75, 3.05) is 31.1 Å². The smallest absolute Gasteiger partial charge is 0.184 e. The van der Waals surface area contributed by atoms with Crippen LogP contribution in [0.25, 0.3) is 0 Å². The van der Waals surface area contributed by atoms with Gasteiger partial charge in [-0.05, 0) is 62.4 Å². The highest BCUT2D eigenvalue weighted by molar-refractivity contribution is 6.00. The first-order chi connectivity index (χ1) is 22.1. The number of benzene rings is 2. The van der Waals surface area contributed by atoms with E-state index in [1.807, 2.05) is 0 Å². The molecule has 0 amide bonds. The maximum atomic E-state index is 14.8. The molecule has 258 valence electrons. The second kappa shape index (κ2) is 21.8. The molecule has 0 spiro atoms. The molecular weight excluding hydrogens is 642 g/mol. The van der Waals surface area contributed by atoms with Gasteiger partial charge >= 0.3 is 0 Å². The van der Waals surface area contributed by atoms with E-state index in [1.54, 1.807) is 0 Å². The molecule has 0 N–H and O–H groups in total. The Morgan fingerprint density at radius 2 is 1.37 bits per heavy atom. The standard InChI is InChI=1S/C40H61F2N2O.BrH/c1-3-5-7-9-11-12-13-14-17-21-38-35-23-25-39(43-27-18-16-19-28-43)40(45-30-20-15-10-8-6-4-2)36(35)26-29-44(38)32-33-31-34(41)22-24-37(33)42;/h22-25,31H,3-21,26-30,32H2,1-2H3;1H/q+1;/p-1. The second-order valence-corrected chi connectivity index (χ2v) is 13.5. The number of hydrogen-bond donors (Lipinski definition) is 0. The van der Waals surface area contributed by atoms with Crippen molar-refractivity contribution in [3.05, 3.63) is 58.7 Å². The van der Waals surface area contributed by atoms with Crippen LogP contribution in [0.2, 0.25) is 0 Å². The average Bonchev–Trinajstić information content (AvgIpc) is 3.06. The lowest BCUT2D eigenvalue weighted by atomic mass is 9.91. The first-order valence-corrected chi connectivity index (χ1v) is 18.7. The van der Waals surface area contributed by atoms with Gasteiger partial charge in [-0.3, -0.25) is 0 Å². The monoisotopic (exact) mass is 702 g/mol. The molecule has 0 aromatic heterocycles. The van der Waals surface area contributed by atoms with Crippen molar-refractivity contribution < 1.29 is 35.1 Å². The van der Waals surface area contributed by atoms with Crippen LogP contribution in [-0.4, -0.2) is 36.5 Å². The van der Waals surface area contributed by atoms with E-state index >= 15 is 0 Å². The summed E-state index contributed by atoms with van der Waals surface area (Å²) in [6.45, 7) is 8.67. The van der Waals surface area contributed by atoms with E-state index in [4.69, 9.17) is 4.74 Å². The first-order valence-electron chi connectivity index (χ1n) is 18.7. The number of piperidine rings is 1. The van der Waals surface area contributed by atoms with Crippen molar-refractivity contribution in [2.45, 2.75) is 149 Å². The predicted molar refractivity (Wildman–Crippen MR) is 186 cm³/mol. The van der Waals surface area contributed by atoms with Gasteiger partial charge in [-0.2, -0.15) is 0 Å². The van der Waals surface area contributed by atoms with Crippen LogP contribution in [0, 0.1) is 11.6 Å². The Morgan fingerprint density at radius 3 is 2.04 bits per heavy atom. The molecule has 1 fully saturated rings. The number of rotatable bonds is 21. The summed E-state index contributed by atoms with van der Waals surface area (Å²) in [4.78, 5) is 2.54. The van der Waals surface area contributed by atoms with Gasteiger partial charge < -0.3 is 26.6 Å². The zero-order valence-corrected chi connectivity index (χ0v) is 30.6. The van der Waals surface area contributed by atoms with Gasteiger partial charge in [0.15, 0.2) is 12.3 Å². The minimum atomic E-state index is -0.374. The number of fused-ring (bicyclic) bond motifs is 1. The minimum Gasteiger partial charge on any atom is -1.00 e. The summed E-state index contributed by atoms with van der Waals surface area (Å²) < 4.78 is 38.0. The Bertz CT molecular complexity index is 1190. The van der Waals surface area contributed by atoms with Gasteiger partial charge in [-0.25, -0.2) is 13.4 Å². The normalized spacial score (nSPS) is 14.7. The van der Waals surface area contributed by atoms with Crippen LogP contribution in [0.5, 0.6) is 5.75 Å². The number of ether oxygens (including phenoxy) is 1. The van der Waals surface area contributed by atoms with E-state index in [-0.39, 0.29) is 28.6 Å². The van der Waals surface area contributed by atoms with Gasteiger partial charge in [-0.1, -0.05) is 97.3 Å². The Kier molecular flexibility index (Phi) is 18.3.